The van der Waals surface area contributed by atoms with Crippen molar-refractivity contribution in [2.45, 2.75) is 46.0 Å². The smallest absolute Gasteiger partial charge is 0.161 e. The monoisotopic (exact) mass is 452 g/mol. The second-order valence-corrected chi connectivity index (χ2v) is 7.63. The summed E-state index contributed by atoms with van der Waals surface area (Å²) in [6.45, 7) is 4.00. The zero-order valence-electron chi connectivity index (χ0n) is 18.6. The molecule has 0 spiro atoms. The van der Waals surface area contributed by atoms with E-state index < -0.39 is 23.3 Å². The summed E-state index contributed by atoms with van der Waals surface area (Å²) >= 11 is 0. The lowest BCUT2D eigenvalue weighted by atomic mass is 10.0. The van der Waals surface area contributed by atoms with E-state index in [0.29, 0.717) is 29.7 Å². The fourth-order valence-corrected chi connectivity index (χ4v) is 3.32. The number of benzene rings is 3. The molecule has 0 aliphatic heterocycles. The van der Waals surface area contributed by atoms with Crippen molar-refractivity contribution in [3.05, 3.63) is 94.1 Å². The number of rotatable bonds is 7. The van der Waals surface area contributed by atoms with Gasteiger partial charge in [-0.25, -0.2) is 17.6 Å². The predicted octanol–water partition coefficient (Wildman–Crippen LogP) is 8.35. The molecule has 0 N–H and O–H groups in total. The van der Waals surface area contributed by atoms with Crippen molar-refractivity contribution in [2.75, 3.05) is 0 Å². The van der Waals surface area contributed by atoms with Gasteiger partial charge in [-0.1, -0.05) is 38.5 Å². The lowest BCUT2D eigenvalue weighted by Crippen LogP contribution is -1.96. The molecule has 3 aromatic carbocycles. The van der Waals surface area contributed by atoms with Crippen LogP contribution < -0.4 is 0 Å². The van der Waals surface area contributed by atoms with E-state index in [2.05, 4.69) is 29.0 Å². The fourth-order valence-electron chi connectivity index (χ4n) is 3.32. The van der Waals surface area contributed by atoms with Crippen LogP contribution >= 0.6 is 0 Å². The number of halogens is 4. The average Bonchev–Trinajstić information content (AvgIpc) is 2.80. The molecule has 33 heavy (non-hydrogen) atoms. The molecule has 2 nitrogen and oxygen atoms in total. The van der Waals surface area contributed by atoms with Gasteiger partial charge in [0.2, 0.25) is 0 Å². The van der Waals surface area contributed by atoms with E-state index in [4.69, 9.17) is 0 Å². The Hall–Kier alpha value is -3.46. The molecule has 0 bridgehead atoms. The Labute approximate surface area is 191 Å². The average molecular weight is 452 g/mol. The summed E-state index contributed by atoms with van der Waals surface area (Å²) in [5, 5.41) is 7.97. The first-order chi connectivity index (χ1) is 15.9. The Morgan fingerprint density at radius 3 is 2.00 bits per heavy atom. The third-order valence-corrected chi connectivity index (χ3v) is 5.15. The molecule has 0 aliphatic carbocycles. The van der Waals surface area contributed by atoms with Crippen molar-refractivity contribution in [3.63, 3.8) is 0 Å². The number of hydrogen-bond donors (Lipinski definition) is 0. The largest absolute Gasteiger partial charge is 0.206 e. The SMILES string of the molecule is CCCCCc1cc(F)c(C#Cc2ccc(N=Nc3ccc(F)c(F)c3)cc2CC)c(F)c1. The summed E-state index contributed by atoms with van der Waals surface area (Å²) in [4.78, 5) is 0. The van der Waals surface area contributed by atoms with Gasteiger partial charge in [-0.2, -0.15) is 10.2 Å². The van der Waals surface area contributed by atoms with Gasteiger partial charge in [0.05, 0.1) is 16.9 Å². The van der Waals surface area contributed by atoms with E-state index in [0.717, 1.165) is 37.0 Å². The molecule has 6 heteroatoms. The highest BCUT2D eigenvalue weighted by molar-refractivity contribution is 5.53. The van der Waals surface area contributed by atoms with Gasteiger partial charge in [0.25, 0.3) is 0 Å². The van der Waals surface area contributed by atoms with Crippen LogP contribution in [-0.4, -0.2) is 0 Å². The van der Waals surface area contributed by atoms with E-state index in [1.54, 1.807) is 18.2 Å². The van der Waals surface area contributed by atoms with Crippen LogP contribution in [0.15, 0.2) is 58.8 Å². The molecule has 0 fully saturated rings. The molecule has 0 amide bonds. The van der Waals surface area contributed by atoms with Gasteiger partial charge in [0.1, 0.15) is 11.6 Å². The molecule has 0 saturated carbocycles. The quantitative estimate of drug-likeness (QED) is 0.149. The number of hydrogen-bond acceptors (Lipinski definition) is 2. The van der Waals surface area contributed by atoms with Gasteiger partial charge >= 0.3 is 0 Å². The number of aryl methyl sites for hydroxylation is 2. The zero-order valence-corrected chi connectivity index (χ0v) is 18.6. The number of azo groups is 1. The van der Waals surface area contributed by atoms with Crippen LogP contribution in [0.25, 0.3) is 0 Å². The lowest BCUT2D eigenvalue weighted by Gasteiger charge is -2.05. The lowest BCUT2D eigenvalue weighted by molar-refractivity contribution is 0.509. The van der Waals surface area contributed by atoms with E-state index in [1.807, 2.05) is 6.92 Å². The molecule has 0 aromatic heterocycles. The molecule has 0 unspecified atom stereocenters. The van der Waals surface area contributed by atoms with Crippen molar-refractivity contribution in [2.24, 2.45) is 10.2 Å². The minimum absolute atomic E-state index is 0.180. The molecule has 3 aromatic rings. The van der Waals surface area contributed by atoms with Crippen LogP contribution in [-0.2, 0) is 12.8 Å². The minimum Gasteiger partial charge on any atom is -0.206 e. The number of unbranched alkanes of at least 4 members (excludes halogenated alkanes) is 2. The third-order valence-electron chi connectivity index (χ3n) is 5.15. The van der Waals surface area contributed by atoms with Crippen LogP contribution in [0.4, 0.5) is 28.9 Å². The number of nitrogens with zero attached hydrogens (tertiary/aromatic N) is 2. The molecule has 0 radical (unpaired) electrons. The Morgan fingerprint density at radius 1 is 0.697 bits per heavy atom. The standard InChI is InChI=1S/C27H24F4N2/c1-3-5-6-7-18-14-25(29)23(26(30)15-18)12-9-20-8-10-21(16-19(20)4-2)32-33-22-11-13-24(28)27(31)17-22/h8,10-11,13-17H,3-7H2,1-2H3. The fraction of sp³-hybridized carbons (Fsp3) is 0.259. The molecule has 3 rings (SSSR count). The van der Waals surface area contributed by atoms with Gasteiger partial charge in [-0.05, 0) is 72.9 Å². The van der Waals surface area contributed by atoms with Gasteiger partial charge in [-0.3, -0.25) is 0 Å². The summed E-state index contributed by atoms with van der Waals surface area (Å²) in [5.74, 6) is 2.20. The predicted molar refractivity (Wildman–Crippen MR) is 122 cm³/mol. The highest BCUT2D eigenvalue weighted by atomic mass is 19.2. The van der Waals surface area contributed by atoms with E-state index in [-0.39, 0.29) is 11.3 Å². The molecule has 0 atom stereocenters. The molecular formula is C27H24F4N2. The van der Waals surface area contributed by atoms with Gasteiger partial charge in [-0.15, -0.1) is 0 Å². The summed E-state index contributed by atoms with van der Waals surface area (Å²) in [6.07, 6.45) is 4.19. The first-order valence-corrected chi connectivity index (χ1v) is 10.9. The highest BCUT2D eigenvalue weighted by Crippen LogP contribution is 2.23. The molecule has 0 saturated heterocycles. The maximum Gasteiger partial charge on any atom is 0.161 e. The van der Waals surface area contributed by atoms with Crippen molar-refractivity contribution in [1.29, 1.82) is 0 Å². The molecular weight excluding hydrogens is 428 g/mol. The summed E-state index contributed by atoms with van der Waals surface area (Å²) in [7, 11) is 0. The van der Waals surface area contributed by atoms with E-state index >= 15 is 0 Å². The maximum absolute atomic E-state index is 14.5. The van der Waals surface area contributed by atoms with Gasteiger partial charge in [0, 0.05) is 11.6 Å². The Bertz CT molecular complexity index is 1200. The van der Waals surface area contributed by atoms with Crippen LogP contribution in [0, 0.1) is 35.1 Å². The van der Waals surface area contributed by atoms with Crippen molar-refractivity contribution >= 4 is 11.4 Å². The summed E-state index contributed by atoms with van der Waals surface area (Å²) in [6, 6.07) is 11.1. The Kier molecular flexibility index (Phi) is 8.37. The first kappa shape index (κ1) is 24.2. The Balaban J connectivity index is 1.81. The third kappa shape index (κ3) is 6.52. The van der Waals surface area contributed by atoms with Gasteiger partial charge < -0.3 is 0 Å². The minimum atomic E-state index is -1.00. The van der Waals surface area contributed by atoms with Crippen molar-refractivity contribution in [3.8, 4) is 11.8 Å². The normalized spacial score (nSPS) is 11.0. The topological polar surface area (TPSA) is 24.7 Å². The van der Waals surface area contributed by atoms with E-state index in [9.17, 15) is 17.6 Å². The second-order valence-electron chi connectivity index (χ2n) is 7.63. The van der Waals surface area contributed by atoms with E-state index in [1.165, 1.54) is 18.2 Å². The molecule has 170 valence electrons. The summed E-state index contributed by atoms with van der Waals surface area (Å²) in [5.41, 5.74) is 2.50. The van der Waals surface area contributed by atoms with Crippen LogP contribution in [0.1, 0.15) is 55.4 Å². The molecule has 0 heterocycles. The van der Waals surface area contributed by atoms with Crippen molar-refractivity contribution in [1.82, 2.24) is 0 Å². The summed E-state index contributed by atoms with van der Waals surface area (Å²) < 4.78 is 55.3. The van der Waals surface area contributed by atoms with Crippen LogP contribution in [0.2, 0.25) is 0 Å². The maximum atomic E-state index is 14.5. The first-order valence-electron chi connectivity index (χ1n) is 10.9. The second kappa shape index (κ2) is 11.4. The van der Waals surface area contributed by atoms with Crippen LogP contribution in [0.5, 0.6) is 0 Å². The van der Waals surface area contributed by atoms with Crippen LogP contribution in [0.3, 0.4) is 0 Å². The van der Waals surface area contributed by atoms with Gasteiger partial charge in [0.15, 0.2) is 11.6 Å². The molecule has 0 aliphatic rings. The highest BCUT2D eigenvalue weighted by Gasteiger charge is 2.10. The Morgan fingerprint density at radius 2 is 1.36 bits per heavy atom. The zero-order chi connectivity index (χ0) is 23.8. The van der Waals surface area contributed by atoms with Crippen molar-refractivity contribution < 1.29 is 17.6 Å².